The third kappa shape index (κ3) is 4.18. The Labute approximate surface area is 180 Å². The number of nitrogens with one attached hydrogen (secondary N) is 2. The molecular weight excluding hydrogens is 400 g/mol. The second kappa shape index (κ2) is 8.37. The van der Waals surface area contributed by atoms with Gasteiger partial charge in [-0.1, -0.05) is 0 Å². The molecule has 0 spiro atoms. The number of nitrogens with zero attached hydrogens (tertiary/aromatic N) is 4. The fourth-order valence-corrected chi connectivity index (χ4v) is 4.47. The number of hydrogen-bond acceptors (Lipinski definition) is 9. The molecule has 0 radical (unpaired) electrons. The third-order valence-corrected chi connectivity index (χ3v) is 6.05. The molecule has 31 heavy (non-hydrogen) atoms. The van der Waals surface area contributed by atoms with Crippen molar-refractivity contribution in [3.05, 3.63) is 35.3 Å². The van der Waals surface area contributed by atoms with Gasteiger partial charge in [-0.25, -0.2) is 9.97 Å². The van der Waals surface area contributed by atoms with E-state index < -0.39 is 6.41 Å². The average Bonchev–Trinajstić information content (AvgIpc) is 3.34. The molecule has 0 bridgehead atoms. The van der Waals surface area contributed by atoms with E-state index in [0.29, 0.717) is 18.3 Å². The van der Waals surface area contributed by atoms with Crippen molar-refractivity contribution in [3.63, 3.8) is 0 Å². The van der Waals surface area contributed by atoms with Crippen molar-refractivity contribution in [1.82, 2.24) is 20.3 Å². The van der Waals surface area contributed by atoms with E-state index in [9.17, 15) is 9.90 Å². The van der Waals surface area contributed by atoms with E-state index in [1.807, 2.05) is 6.20 Å². The summed E-state index contributed by atoms with van der Waals surface area (Å²) in [6, 6.07) is 2.13. The number of aliphatic hydroxyl groups is 1. The molecule has 0 aromatic carbocycles. The fourth-order valence-electron chi connectivity index (χ4n) is 4.47. The van der Waals surface area contributed by atoms with E-state index in [1.54, 1.807) is 4.90 Å². The Morgan fingerprint density at radius 2 is 2.26 bits per heavy atom. The number of rotatable bonds is 6. The molecule has 1 saturated heterocycles. The summed E-state index contributed by atoms with van der Waals surface area (Å²) in [4.78, 5) is 26.0. The van der Waals surface area contributed by atoms with Gasteiger partial charge in [0.05, 0.1) is 18.8 Å². The van der Waals surface area contributed by atoms with Crippen LogP contribution in [0.3, 0.4) is 0 Å². The van der Waals surface area contributed by atoms with Crippen molar-refractivity contribution in [2.24, 2.45) is 5.92 Å². The third-order valence-electron chi connectivity index (χ3n) is 6.05. The summed E-state index contributed by atoms with van der Waals surface area (Å²) in [7, 11) is 0. The molecule has 2 aliphatic heterocycles. The lowest BCUT2D eigenvalue weighted by Gasteiger charge is -2.21. The lowest BCUT2D eigenvalue weighted by atomic mass is 10.1. The lowest BCUT2D eigenvalue weighted by Crippen LogP contribution is -2.32. The molecule has 5 rings (SSSR count). The van der Waals surface area contributed by atoms with Gasteiger partial charge in [0.25, 0.3) is 11.8 Å². The molecule has 3 unspecified atom stereocenters. The molecule has 3 N–H and O–H groups in total. The molecule has 10 heteroatoms. The van der Waals surface area contributed by atoms with Crippen molar-refractivity contribution in [1.29, 1.82) is 0 Å². The van der Waals surface area contributed by atoms with Crippen LogP contribution < -0.4 is 20.3 Å². The first-order valence-electron chi connectivity index (χ1n) is 10.6. The van der Waals surface area contributed by atoms with Crippen LogP contribution in [0.15, 0.2) is 18.5 Å². The van der Waals surface area contributed by atoms with E-state index in [4.69, 9.17) is 9.47 Å². The predicted molar refractivity (Wildman–Crippen MR) is 112 cm³/mol. The number of anilines is 2. The average molecular weight is 426 g/mol. The number of ether oxygens (including phenoxy) is 2. The molecule has 0 saturated carbocycles. The van der Waals surface area contributed by atoms with Crippen molar-refractivity contribution in [3.8, 4) is 5.88 Å². The molecule has 10 nitrogen and oxygen atoms in total. The number of aliphatic hydroxyl groups excluding tert-OH is 1. The van der Waals surface area contributed by atoms with Crippen molar-refractivity contribution >= 4 is 17.5 Å². The van der Waals surface area contributed by atoms with Crippen molar-refractivity contribution in [2.45, 2.75) is 38.7 Å². The van der Waals surface area contributed by atoms with Crippen LogP contribution in [0.25, 0.3) is 0 Å². The minimum absolute atomic E-state index is 0.0744. The monoisotopic (exact) mass is 426 g/mol. The van der Waals surface area contributed by atoms with Gasteiger partial charge in [0.1, 0.15) is 0 Å². The molecule has 3 atom stereocenters. The molecule has 164 valence electrons. The van der Waals surface area contributed by atoms with Gasteiger partial charge < -0.3 is 30.1 Å². The van der Waals surface area contributed by atoms with Crippen molar-refractivity contribution in [2.75, 3.05) is 36.5 Å². The first-order valence-corrected chi connectivity index (χ1v) is 10.6. The number of pyridine rings is 1. The highest BCUT2D eigenvalue weighted by atomic mass is 16.6. The molecular formula is C21H26N6O4. The second-order valence-electron chi connectivity index (χ2n) is 8.26. The van der Waals surface area contributed by atoms with Crippen molar-refractivity contribution < 1.29 is 19.4 Å². The summed E-state index contributed by atoms with van der Waals surface area (Å²) in [5, 5.41) is 16.5. The van der Waals surface area contributed by atoms with Gasteiger partial charge in [-0.2, -0.15) is 0 Å². The molecule has 1 amide bonds. The highest BCUT2D eigenvalue weighted by Gasteiger charge is 2.33. The Kier molecular flexibility index (Phi) is 5.43. The molecule has 2 aromatic rings. The van der Waals surface area contributed by atoms with Crippen LogP contribution in [0.1, 0.15) is 23.2 Å². The van der Waals surface area contributed by atoms with E-state index in [2.05, 4.69) is 38.6 Å². The van der Waals surface area contributed by atoms with Crippen LogP contribution in [-0.2, 0) is 22.4 Å². The fraction of sp³-hybridized carbons (Fsp3) is 0.524. The van der Waals surface area contributed by atoms with Gasteiger partial charge in [-0.15, -0.1) is 0 Å². The summed E-state index contributed by atoms with van der Waals surface area (Å²) in [5.41, 5.74) is 3.97. The van der Waals surface area contributed by atoms with Gasteiger partial charge in [0.15, 0.2) is 18.2 Å². The SMILES string of the molecule is Cc1nccc2c1CC(CNCCC1CN(c3cnc4c(n3)NC(=O)CO4)C(O)O1)C2. The van der Waals surface area contributed by atoms with Gasteiger partial charge in [0.2, 0.25) is 6.41 Å². The zero-order valence-corrected chi connectivity index (χ0v) is 17.4. The highest BCUT2D eigenvalue weighted by Crippen LogP contribution is 2.29. The Bertz CT molecular complexity index is 986. The minimum Gasteiger partial charge on any atom is -0.465 e. The Morgan fingerprint density at radius 1 is 1.35 bits per heavy atom. The number of carbonyl (C=O) groups is 1. The lowest BCUT2D eigenvalue weighted by molar-refractivity contribution is -0.118. The minimum atomic E-state index is -1.10. The smallest absolute Gasteiger partial charge is 0.263 e. The van der Waals surface area contributed by atoms with Crippen LogP contribution in [0, 0.1) is 12.8 Å². The number of aryl methyl sites for hydroxylation is 1. The maximum absolute atomic E-state index is 11.5. The van der Waals surface area contributed by atoms with E-state index in [-0.39, 0.29) is 30.3 Å². The van der Waals surface area contributed by atoms with Crippen LogP contribution in [0.5, 0.6) is 5.88 Å². The first-order chi connectivity index (χ1) is 15.1. The summed E-state index contributed by atoms with van der Waals surface area (Å²) in [5.74, 6) is 1.28. The molecule has 4 heterocycles. The second-order valence-corrected chi connectivity index (χ2v) is 8.26. The number of aromatic nitrogens is 3. The Balaban J connectivity index is 1.10. The largest absolute Gasteiger partial charge is 0.465 e. The molecule has 1 fully saturated rings. The maximum atomic E-state index is 11.5. The Hall–Kier alpha value is -2.82. The number of fused-ring (bicyclic) bond motifs is 2. The van der Waals surface area contributed by atoms with Gasteiger partial charge in [0, 0.05) is 11.9 Å². The highest BCUT2D eigenvalue weighted by molar-refractivity contribution is 5.93. The van der Waals surface area contributed by atoms with E-state index in [1.165, 1.54) is 17.3 Å². The molecule has 1 aliphatic carbocycles. The van der Waals surface area contributed by atoms with Crippen LogP contribution in [0.4, 0.5) is 11.6 Å². The summed E-state index contributed by atoms with van der Waals surface area (Å²) >= 11 is 0. The van der Waals surface area contributed by atoms with Gasteiger partial charge >= 0.3 is 0 Å². The zero-order valence-electron chi connectivity index (χ0n) is 17.4. The van der Waals surface area contributed by atoms with Gasteiger partial charge in [-0.05, 0) is 62.4 Å². The molecule has 2 aromatic heterocycles. The summed E-state index contributed by atoms with van der Waals surface area (Å²) in [6.45, 7) is 4.25. The first kappa shape index (κ1) is 20.1. The van der Waals surface area contributed by atoms with E-state index >= 15 is 0 Å². The predicted octanol–water partition coefficient (Wildman–Crippen LogP) is 0.387. The standard InChI is InChI=1S/C21H26N6O4/c1-12-16-7-13(6-14(16)2-5-23-12)8-22-4-3-15-10-27(21(29)31-15)17-9-24-20-19(25-17)26-18(28)11-30-20/h2,5,9,13,15,21-22,29H,3-4,6-8,10-11H2,1H3,(H,25,26,28). The molecule has 3 aliphatic rings. The van der Waals surface area contributed by atoms with Crippen LogP contribution in [0.2, 0.25) is 0 Å². The summed E-state index contributed by atoms with van der Waals surface area (Å²) < 4.78 is 10.9. The van der Waals surface area contributed by atoms with Crippen LogP contribution >= 0.6 is 0 Å². The van der Waals surface area contributed by atoms with E-state index in [0.717, 1.165) is 38.0 Å². The number of amides is 1. The normalized spacial score (nSPS) is 24.5. The van der Waals surface area contributed by atoms with Gasteiger partial charge in [-0.3, -0.25) is 9.78 Å². The zero-order chi connectivity index (χ0) is 21.4. The van der Waals surface area contributed by atoms with Crippen LogP contribution in [-0.4, -0.2) is 64.7 Å². The maximum Gasteiger partial charge on any atom is 0.263 e. The summed E-state index contributed by atoms with van der Waals surface area (Å²) in [6.07, 6.45) is 5.12. The number of hydrogen-bond donors (Lipinski definition) is 3. The Morgan fingerprint density at radius 3 is 3.13 bits per heavy atom. The topological polar surface area (TPSA) is 122 Å². The quantitative estimate of drug-likeness (QED) is 0.563. The number of carbonyl (C=O) groups excluding carboxylic acids is 1.